The predicted molar refractivity (Wildman–Crippen MR) is 244 cm³/mol. The number of pyridine rings is 3. The molecule has 0 aliphatic heterocycles. The minimum Gasteiger partial charge on any atom is -0.503 e. The zero-order chi connectivity index (χ0) is 55.0. The third-order valence-electron chi connectivity index (χ3n) is 11.4. The molecule has 12 atom stereocenters. The van der Waals surface area contributed by atoms with E-state index in [1.54, 1.807) is 0 Å². The predicted octanol–water partition coefficient (Wildman–Crippen LogP) is -11.5. The Labute approximate surface area is 450 Å². The molecule has 0 saturated carbocycles. The third-order valence-corrected chi connectivity index (χ3v) is 11.4. The van der Waals surface area contributed by atoms with Gasteiger partial charge in [0.2, 0.25) is 16.3 Å². The van der Waals surface area contributed by atoms with Crippen LogP contribution in [0.25, 0.3) is 0 Å². The smallest absolute Gasteiger partial charge is 0.503 e. The Hall–Kier alpha value is -4.66. The summed E-state index contributed by atoms with van der Waals surface area (Å²) >= 11 is 0. The number of hydrogen-bond acceptors (Lipinski definition) is 25. The van der Waals surface area contributed by atoms with Gasteiger partial charge < -0.3 is 122 Å². The third kappa shape index (κ3) is 17.4. The number of carbonyl (C=O) groups excluding carboxylic acids is 3. The van der Waals surface area contributed by atoms with Gasteiger partial charge in [-0.15, -0.1) is 0 Å². The Morgan fingerprint density at radius 1 is 0.419 bits per heavy atom. The van der Waals surface area contributed by atoms with Crippen molar-refractivity contribution in [3.63, 3.8) is 0 Å². The molecule has 31 nitrogen and oxygen atoms in total. The van der Waals surface area contributed by atoms with Gasteiger partial charge in [0.15, 0.2) is 34.3 Å². The number of nitrogens with zero attached hydrogens (tertiary/aromatic N) is 4. The molecule has 3 aromatic heterocycles. The molecule has 0 saturated heterocycles. The molecule has 0 bridgehead atoms. The zero-order valence-electron chi connectivity index (χ0n) is 39.0. The van der Waals surface area contributed by atoms with Crippen molar-refractivity contribution in [2.24, 2.45) is 0 Å². The van der Waals surface area contributed by atoms with Crippen LogP contribution in [0.3, 0.4) is 0 Å². The molecular formula is C42H63GdN7O24+3. The van der Waals surface area contributed by atoms with Crippen molar-refractivity contribution in [3.8, 4) is 17.2 Å². The van der Waals surface area contributed by atoms with Crippen LogP contribution in [-0.4, -0.2) is 261 Å². The minimum absolute atomic E-state index is 0. The van der Waals surface area contributed by atoms with Gasteiger partial charge in [-0.05, 0) is 0 Å². The normalized spacial score (nSPS) is 16.5. The average molecular weight is 1210 g/mol. The number of aliphatic hydroxyl groups excluding tert-OH is 15. The van der Waals surface area contributed by atoms with Crippen molar-refractivity contribution < 1.29 is 146 Å². The molecule has 1 radical (unpaired) electrons. The van der Waals surface area contributed by atoms with Crippen LogP contribution in [0, 0.1) is 39.9 Å². The fourth-order valence-electron chi connectivity index (χ4n) is 7.05. The van der Waals surface area contributed by atoms with E-state index in [4.69, 9.17) is 15.3 Å². The number of rotatable bonds is 30. The van der Waals surface area contributed by atoms with Gasteiger partial charge in [-0.1, -0.05) is 0 Å². The molecule has 415 valence electrons. The van der Waals surface area contributed by atoms with Crippen molar-refractivity contribution in [1.82, 2.24) is 34.6 Å². The monoisotopic (exact) mass is 1210 g/mol. The number of nitrogens with one attached hydrogen (secondary N) is 3. The molecule has 3 heterocycles. The Balaban J connectivity index is 0.0000187. The van der Waals surface area contributed by atoms with E-state index in [-0.39, 0.29) is 79.2 Å². The number of aromatic nitrogens is 3. The second-order valence-electron chi connectivity index (χ2n) is 16.6. The van der Waals surface area contributed by atoms with Gasteiger partial charge in [0.05, 0.1) is 39.5 Å². The van der Waals surface area contributed by atoms with Gasteiger partial charge in [-0.3, -0.25) is 33.7 Å². The molecule has 3 amide bonds. The topological polar surface area (TPSA) is 521 Å². The summed E-state index contributed by atoms with van der Waals surface area (Å²) in [6, 6.07) is 2.41. The average Bonchev–Trinajstić information content (AvgIpc) is 3.36. The maximum absolute atomic E-state index is 13.5. The van der Waals surface area contributed by atoms with Gasteiger partial charge in [-0.2, -0.15) is 0 Å². The van der Waals surface area contributed by atoms with Crippen LogP contribution in [0.15, 0.2) is 51.2 Å². The van der Waals surface area contributed by atoms with E-state index in [1.807, 2.05) is 0 Å². The van der Waals surface area contributed by atoms with E-state index in [2.05, 4.69) is 16.0 Å². The molecule has 21 N–H and O–H groups in total. The first kappa shape index (κ1) is 65.5. The van der Waals surface area contributed by atoms with Crippen molar-refractivity contribution >= 4 is 17.7 Å². The molecule has 12 unspecified atom stereocenters. The van der Waals surface area contributed by atoms with Crippen molar-refractivity contribution in [2.45, 2.75) is 92.9 Å². The molecule has 0 aliphatic rings. The molecule has 3 aromatic rings. The molecule has 0 fully saturated rings. The minimum atomic E-state index is -2.11. The van der Waals surface area contributed by atoms with Crippen LogP contribution in [0.5, 0.6) is 17.2 Å². The maximum Gasteiger partial charge on any atom is 3.00 e. The number of amides is 3. The summed E-state index contributed by atoms with van der Waals surface area (Å²) in [6.45, 7) is -7.17. The van der Waals surface area contributed by atoms with Gasteiger partial charge >= 0.3 is 39.9 Å². The molecule has 3 rings (SSSR count). The molecular weight excluding hydrogens is 1140 g/mol. The molecule has 0 spiro atoms. The number of aliphatic hydroxyl groups is 15. The standard InChI is InChI=1S/C42H63N7O24.Gd/c50-16-25(59)37(68)34(65)22(56)13-47-7-1-19(53)31(62)28(47)40(71)43-4-10-46(11-5-44-41(72)29-32(63)20(54)2-8-48(29)14-23(57)35(66)38(69)26(60)17-51)12-6-45-42(73)30-33(64)21(55)3-9-49(30)15-24(58)36(67)39(70)27(61)18-52;/h1-3,7-9,22-27,34-39,50-52,56-70H,4-6,10-18H2,(H,43,71)(H,44,72)(H,45,73);/q;+3. The van der Waals surface area contributed by atoms with Crippen LogP contribution in [0.4, 0.5) is 0 Å². The molecule has 0 aliphatic carbocycles. The van der Waals surface area contributed by atoms with Crippen molar-refractivity contribution in [2.75, 3.05) is 59.1 Å². The van der Waals surface area contributed by atoms with Gasteiger partial charge in [0, 0.05) is 76.1 Å². The second kappa shape index (κ2) is 30.8. The summed E-state index contributed by atoms with van der Waals surface area (Å²) in [5, 5.41) is 188. The van der Waals surface area contributed by atoms with Gasteiger partial charge in [0.25, 0.3) is 17.7 Å². The largest absolute Gasteiger partial charge is 3.00 e. The quantitative estimate of drug-likeness (QED) is 0.0295. The van der Waals surface area contributed by atoms with Crippen LogP contribution < -0.4 is 32.2 Å². The maximum atomic E-state index is 13.5. The SMILES string of the molecule is O=C(NCCN(CCNC(=O)c1c(O)c(=O)ccn1CC(O)C(O)C(O)C(O)CO)CCNC(=O)c1c(O)c(=O)ccn1CC(O)C(O)C(O)C(O)CO)c1c(O)c(=O)ccn1CC(O)C(O)C(O)C(O)CO.[Gd+3]. The number of hydrogen-bond donors (Lipinski definition) is 21. The van der Waals surface area contributed by atoms with Crippen molar-refractivity contribution in [3.05, 3.63) is 84.5 Å². The van der Waals surface area contributed by atoms with Crippen LogP contribution in [0.2, 0.25) is 0 Å². The number of carbonyl (C=O) groups is 3. The summed E-state index contributed by atoms with van der Waals surface area (Å²) in [5.74, 6) is -6.81. The Morgan fingerprint density at radius 2 is 0.635 bits per heavy atom. The van der Waals surface area contributed by atoms with E-state index >= 15 is 0 Å². The summed E-state index contributed by atoms with van der Waals surface area (Å²) in [6.07, 6.45) is -21.2. The Morgan fingerprint density at radius 3 is 0.851 bits per heavy atom. The summed E-state index contributed by atoms with van der Waals surface area (Å²) in [4.78, 5) is 79.1. The summed E-state index contributed by atoms with van der Waals surface area (Å²) < 4.78 is 2.50. The van der Waals surface area contributed by atoms with E-state index in [1.165, 1.54) is 4.90 Å². The molecule has 32 heteroatoms. The van der Waals surface area contributed by atoms with Crippen molar-refractivity contribution in [1.29, 1.82) is 0 Å². The molecule has 0 aromatic carbocycles. The Bertz CT molecular complexity index is 2210. The number of aromatic hydroxyl groups is 3. The Kier molecular flexibility index (Phi) is 27.2. The van der Waals surface area contributed by atoms with Gasteiger partial charge in [0.1, 0.15) is 73.2 Å². The zero-order valence-corrected chi connectivity index (χ0v) is 41.3. The summed E-state index contributed by atoms with van der Waals surface area (Å²) in [5.41, 5.74) is -5.43. The fourth-order valence-corrected chi connectivity index (χ4v) is 7.05. The van der Waals surface area contributed by atoms with E-state index < -0.39 is 181 Å². The first-order valence-electron chi connectivity index (χ1n) is 22.2. The van der Waals surface area contributed by atoms with Crippen LogP contribution in [-0.2, 0) is 19.6 Å². The van der Waals surface area contributed by atoms with E-state index in [9.17, 15) is 105 Å². The van der Waals surface area contributed by atoms with Gasteiger partial charge in [-0.25, -0.2) is 0 Å². The van der Waals surface area contributed by atoms with E-state index in [0.717, 1.165) is 50.5 Å². The first-order chi connectivity index (χ1) is 34.3. The van der Waals surface area contributed by atoms with Crippen LogP contribution >= 0.6 is 0 Å². The fraction of sp³-hybridized carbons (Fsp3) is 0.571. The second-order valence-corrected chi connectivity index (χ2v) is 16.6. The van der Waals surface area contributed by atoms with Crippen LogP contribution in [0.1, 0.15) is 31.5 Å². The summed E-state index contributed by atoms with van der Waals surface area (Å²) in [7, 11) is 0. The van der Waals surface area contributed by atoms with E-state index in [0.29, 0.717) is 0 Å². The molecule has 74 heavy (non-hydrogen) atoms. The first-order valence-corrected chi connectivity index (χ1v) is 22.2.